The third kappa shape index (κ3) is 4.64. The van der Waals surface area contributed by atoms with Crippen molar-refractivity contribution in [2.45, 2.75) is 13.8 Å². The number of aromatic nitrogens is 2. The maximum atomic E-state index is 5.66. The molecule has 0 aliphatic carbocycles. The van der Waals surface area contributed by atoms with Gasteiger partial charge in [0.25, 0.3) is 0 Å². The highest BCUT2D eigenvalue weighted by Gasteiger charge is 2.08. The molecule has 3 rings (SSSR count). The van der Waals surface area contributed by atoms with Crippen molar-refractivity contribution in [2.24, 2.45) is 0 Å². The number of hydrogen-bond donors (Lipinski definition) is 1. The Labute approximate surface area is 159 Å². The lowest BCUT2D eigenvalue weighted by Crippen LogP contribution is -2.01. The number of benzene rings is 2. The smallest absolute Gasteiger partial charge is 0.142 e. The van der Waals surface area contributed by atoms with Crippen LogP contribution in [0.4, 0.5) is 11.5 Å². The van der Waals surface area contributed by atoms with Crippen molar-refractivity contribution in [2.75, 3.05) is 19.0 Å². The second-order valence-corrected chi connectivity index (χ2v) is 5.47. The van der Waals surface area contributed by atoms with Gasteiger partial charge in [0.1, 0.15) is 23.1 Å². The van der Waals surface area contributed by atoms with E-state index in [-0.39, 0.29) is 12.4 Å². The van der Waals surface area contributed by atoms with E-state index in [0.29, 0.717) is 12.4 Å². The van der Waals surface area contributed by atoms with Crippen LogP contribution in [0.5, 0.6) is 11.5 Å². The molecular weight excluding hydrogens is 350 g/mol. The summed E-state index contributed by atoms with van der Waals surface area (Å²) in [6.07, 6.45) is 0. The van der Waals surface area contributed by atoms with E-state index >= 15 is 0 Å². The summed E-state index contributed by atoms with van der Waals surface area (Å²) >= 11 is 0. The molecule has 2 aromatic carbocycles. The van der Waals surface area contributed by atoms with Crippen molar-refractivity contribution in [3.63, 3.8) is 0 Å². The number of hydrogen-bond acceptors (Lipinski definition) is 5. The van der Waals surface area contributed by atoms with Gasteiger partial charge in [-0.15, -0.1) is 12.4 Å². The Morgan fingerprint density at radius 3 is 2.42 bits per heavy atom. The second-order valence-electron chi connectivity index (χ2n) is 5.47. The van der Waals surface area contributed by atoms with E-state index in [1.165, 1.54) is 0 Å². The molecule has 0 spiro atoms. The van der Waals surface area contributed by atoms with Crippen LogP contribution in [0.3, 0.4) is 0 Å². The molecule has 1 N–H and O–H groups in total. The zero-order valence-electron chi connectivity index (χ0n) is 15.0. The van der Waals surface area contributed by atoms with Crippen LogP contribution < -0.4 is 14.8 Å². The van der Waals surface area contributed by atoms with Crippen LogP contribution in [0.1, 0.15) is 12.7 Å². The highest BCUT2D eigenvalue weighted by Crippen LogP contribution is 2.28. The van der Waals surface area contributed by atoms with Crippen LogP contribution in [0.25, 0.3) is 11.3 Å². The Morgan fingerprint density at radius 1 is 1.00 bits per heavy atom. The lowest BCUT2D eigenvalue weighted by atomic mass is 10.1. The standard InChI is InChI=1S/C20H21N3O2.ClH/c1-4-25-19-8-6-5-7-17(19)23-20-13-18(21-14(2)22-20)15-9-11-16(24-3)12-10-15;/h5-13H,4H2,1-3H3,(H,21,22,23);1H. The number of aryl methyl sites for hydroxylation is 1. The number of nitrogens with zero attached hydrogens (tertiary/aromatic N) is 2. The molecule has 5 nitrogen and oxygen atoms in total. The predicted molar refractivity (Wildman–Crippen MR) is 107 cm³/mol. The molecule has 0 radical (unpaired) electrons. The maximum absolute atomic E-state index is 5.66. The molecule has 0 amide bonds. The summed E-state index contributed by atoms with van der Waals surface area (Å²) in [5, 5.41) is 3.33. The molecule has 0 aliphatic rings. The van der Waals surface area contributed by atoms with Gasteiger partial charge < -0.3 is 14.8 Å². The Morgan fingerprint density at radius 2 is 1.73 bits per heavy atom. The molecule has 1 aromatic heterocycles. The van der Waals surface area contributed by atoms with E-state index in [1.54, 1.807) is 7.11 Å². The van der Waals surface area contributed by atoms with Gasteiger partial charge in [-0.25, -0.2) is 9.97 Å². The van der Waals surface area contributed by atoms with Crippen molar-refractivity contribution in [1.82, 2.24) is 9.97 Å². The molecule has 0 saturated carbocycles. The number of ether oxygens (including phenoxy) is 2. The van der Waals surface area contributed by atoms with E-state index in [0.717, 1.165) is 34.3 Å². The minimum atomic E-state index is 0. The van der Waals surface area contributed by atoms with Crippen LogP contribution in [0, 0.1) is 6.92 Å². The summed E-state index contributed by atoms with van der Waals surface area (Å²) < 4.78 is 10.9. The summed E-state index contributed by atoms with van der Waals surface area (Å²) in [7, 11) is 1.65. The van der Waals surface area contributed by atoms with Gasteiger partial charge in [-0.3, -0.25) is 0 Å². The van der Waals surface area contributed by atoms with Gasteiger partial charge in [-0.05, 0) is 50.2 Å². The van der Waals surface area contributed by atoms with Crippen molar-refractivity contribution in [3.05, 3.63) is 60.4 Å². The number of halogens is 1. The Balaban J connectivity index is 0.00000243. The summed E-state index contributed by atoms with van der Waals surface area (Å²) in [5.41, 5.74) is 2.74. The summed E-state index contributed by atoms with van der Waals surface area (Å²) in [5.74, 6) is 3.04. The molecule has 26 heavy (non-hydrogen) atoms. The van der Waals surface area contributed by atoms with E-state index in [2.05, 4.69) is 15.3 Å². The second kappa shape index (κ2) is 9.06. The number of anilines is 2. The number of methoxy groups -OCH3 is 1. The summed E-state index contributed by atoms with van der Waals surface area (Å²) in [4.78, 5) is 9.02. The van der Waals surface area contributed by atoms with Crippen LogP contribution in [0.15, 0.2) is 54.6 Å². The monoisotopic (exact) mass is 371 g/mol. The molecule has 0 aliphatic heterocycles. The fourth-order valence-electron chi connectivity index (χ4n) is 2.53. The van der Waals surface area contributed by atoms with Gasteiger partial charge >= 0.3 is 0 Å². The Hall–Kier alpha value is -2.79. The minimum Gasteiger partial charge on any atom is -0.497 e. The van der Waals surface area contributed by atoms with Gasteiger partial charge in [0, 0.05) is 11.6 Å². The van der Waals surface area contributed by atoms with Crippen LogP contribution in [-0.2, 0) is 0 Å². The molecule has 0 saturated heterocycles. The molecule has 0 bridgehead atoms. The summed E-state index contributed by atoms with van der Waals surface area (Å²) in [6, 6.07) is 17.6. The fraction of sp³-hybridized carbons (Fsp3) is 0.200. The first-order valence-electron chi connectivity index (χ1n) is 8.18. The fourth-order valence-corrected chi connectivity index (χ4v) is 2.53. The lowest BCUT2D eigenvalue weighted by molar-refractivity contribution is 0.342. The molecule has 0 atom stereocenters. The van der Waals surface area contributed by atoms with Crippen molar-refractivity contribution >= 4 is 23.9 Å². The van der Waals surface area contributed by atoms with Crippen molar-refractivity contribution in [3.8, 4) is 22.8 Å². The maximum Gasteiger partial charge on any atom is 0.142 e. The molecule has 3 aromatic rings. The zero-order valence-corrected chi connectivity index (χ0v) is 15.8. The number of para-hydroxylation sites is 2. The average molecular weight is 372 g/mol. The number of rotatable bonds is 6. The first-order valence-corrected chi connectivity index (χ1v) is 8.18. The normalized spacial score (nSPS) is 9.96. The first-order chi connectivity index (χ1) is 12.2. The third-order valence-electron chi connectivity index (χ3n) is 3.67. The topological polar surface area (TPSA) is 56.3 Å². The first kappa shape index (κ1) is 19.5. The van der Waals surface area contributed by atoms with Gasteiger partial charge in [0.2, 0.25) is 0 Å². The third-order valence-corrected chi connectivity index (χ3v) is 3.67. The molecule has 0 unspecified atom stereocenters. The van der Waals surface area contributed by atoms with E-state index in [1.807, 2.05) is 68.4 Å². The Bertz CT molecular complexity index is 854. The average Bonchev–Trinajstić information content (AvgIpc) is 2.63. The predicted octanol–water partition coefficient (Wildman–Crippen LogP) is 5.02. The lowest BCUT2D eigenvalue weighted by Gasteiger charge is -2.13. The summed E-state index contributed by atoms with van der Waals surface area (Å²) in [6.45, 7) is 4.46. The van der Waals surface area contributed by atoms with E-state index in [4.69, 9.17) is 9.47 Å². The van der Waals surface area contributed by atoms with Gasteiger partial charge in [0.05, 0.1) is 25.1 Å². The quantitative estimate of drug-likeness (QED) is 0.659. The van der Waals surface area contributed by atoms with E-state index < -0.39 is 0 Å². The molecule has 1 heterocycles. The molecule has 136 valence electrons. The number of nitrogens with one attached hydrogen (secondary N) is 1. The Kier molecular flexibility index (Phi) is 6.81. The highest BCUT2D eigenvalue weighted by molar-refractivity contribution is 5.85. The van der Waals surface area contributed by atoms with Gasteiger partial charge in [-0.2, -0.15) is 0 Å². The minimum absolute atomic E-state index is 0. The molecule has 0 fully saturated rings. The molecule has 6 heteroatoms. The van der Waals surface area contributed by atoms with Gasteiger partial charge in [-0.1, -0.05) is 12.1 Å². The largest absolute Gasteiger partial charge is 0.497 e. The van der Waals surface area contributed by atoms with Crippen LogP contribution in [-0.4, -0.2) is 23.7 Å². The van der Waals surface area contributed by atoms with E-state index in [9.17, 15) is 0 Å². The van der Waals surface area contributed by atoms with Crippen LogP contribution >= 0.6 is 12.4 Å². The van der Waals surface area contributed by atoms with Crippen LogP contribution in [0.2, 0.25) is 0 Å². The SMILES string of the molecule is CCOc1ccccc1Nc1cc(-c2ccc(OC)cc2)nc(C)n1.Cl. The van der Waals surface area contributed by atoms with Crippen molar-refractivity contribution in [1.29, 1.82) is 0 Å². The molecular formula is C20H22ClN3O2. The van der Waals surface area contributed by atoms with Gasteiger partial charge in [0.15, 0.2) is 0 Å². The van der Waals surface area contributed by atoms with Crippen molar-refractivity contribution < 1.29 is 9.47 Å². The zero-order chi connectivity index (χ0) is 17.6. The highest BCUT2D eigenvalue weighted by atomic mass is 35.5.